The fraction of sp³-hybridized carbons (Fsp3) is 0.588. The first-order valence-electron chi connectivity index (χ1n) is 7.72. The largest absolute Gasteiger partial charge is 0.326 e. The van der Waals surface area contributed by atoms with Crippen molar-refractivity contribution in [2.75, 3.05) is 25.0 Å². The van der Waals surface area contributed by atoms with Gasteiger partial charge in [0.25, 0.3) is 0 Å². The number of anilines is 1. The first kappa shape index (κ1) is 17.7. The highest BCUT2D eigenvalue weighted by atomic mass is 16.2. The standard InChI is InChI=1S/C17H29N3O/c1-13(2)10-20(11-14(3)4)12-17(21)19-16-8-6-5-7-15(16)9-18/h5-8,13-14H,9-12,18H2,1-4H3,(H,19,21). The summed E-state index contributed by atoms with van der Waals surface area (Å²) in [6.07, 6.45) is 0. The van der Waals surface area contributed by atoms with E-state index in [-0.39, 0.29) is 5.91 Å². The minimum absolute atomic E-state index is 0.0252. The normalized spacial score (nSPS) is 11.4. The Morgan fingerprint density at radius 1 is 1.14 bits per heavy atom. The number of carbonyl (C=O) groups excluding carboxylic acids is 1. The van der Waals surface area contributed by atoms with Crippen LogP contribution in [0.3, 0.4) is 0 Å². The van der Waals surface area contributed by atoms with Gasteiger partial charge in [-0.3, -0.25) is 9.69 Å². The summed E-state index contributed by atoms with van der Waals surface area (Å²) < 4.78 is 0. The number of nitrogens with zero attached hydrogens (tertiary/aromatic N) is 1. The molecule has 1 rings (SSSR count). The van der Waals surface area contributed by atoms with Gasteiger partial charge >= 0.3 is 0 Å². The van der Waals surface area contributed by atoms with Gasteiger partial charge in [-0.15, -0.1) is 0 Å². The van der Waals surface area contributed by atoms with E-state index in [1.807, 2.05) is 24.3 Å². The van der Waals surface area contributed by atoms with Crippen molar-refractivity contribution < 1.29 is 4.79 Å². The SMILES string of the molecule is CC(C)CN(CC(=O)Nc1ccccc1CN)CC(C)C. The molecule has 4 nitrogen and oxygen atoms in total. The Morgan fingerprint density at radius 3 is 2.24 bits per heavy atom. The number of hydrogen-bond donors (Lipinski definition) is 2. The maximum atomic E-state index is 12.3. The van der Waals surface area contributed by atoms with Gasteiger partial charge in [-0.05, 0) is 23.5 Å². The molecular formula is C17H29N3O. The highest BCUT2D eigenvalue weighted by Crippen LogP contribution is 2.14. The number of para-hydroxylation sites is 1. The van der Waals surface area contributed by atoms with Crippen LogP contribution in [0.5, 0.6) is 0 Å². The van der Waals surface area contributed by atoms with Crippen LogP contribution >= 0.6 is 0 Å². The van der Waals surface area contributed by atoms with Crippen molar-refractivity contribution in [2.45, 2.75) is 34.2 Å². The van der Waals surface area contributed by atoms with Crippen LogP contribution in [0.4, 0.5) is 5.69 Å². The quantitative estimate of drug-likeness (QED) is 0.774. The summed E-state index contributed by atoms with van der Waals surface area (Å²) >= 11 is 0. The second kappa shape index (κ2) is 8.80. The van der Waals surface area contributed by atoms with Gasteiger partial charge in [0.1, 0.15) is 0 Å². The molecule has 0 aliphatic carbocycles. The number of amides is 1. The Kier molecular flexibility index (Phi) is 7.40. The maximum Gasteiger partial charge on any atom is 0.238 e. The summed E-state index contributed by atoms with van der Waals surface area (Å²) in [4.78, 5) is 14.5. The second-order valence-electron chi connectivity index (χ2n) is 6.39. The lowest BCUT2D eigenvalue weighted by Gasteiger charge is -2.25. The van der Waals surface area contributed by atoms with Gasteiger partial charge in [-0.25, -0.2) is 0 Å². The molecule has 0 unspecified atom stereocenters. The predicted molar refractivity (Wildman–Crippen MR) is 89.1 cm³/mol. The lowest BCUT2D eigenvalue weighted by atomic mass is 10.1. The van der Waals surface area contributed by atoms with E-state index in [2.05, 4.69) is 37.9 Å². The highest BCUT2D eigenvalue weighted by molar-refractivity contribution is 5.93. The van der Waals surface area contributed by atoms with E-state index in [1.165, 1.54) is 0 Å². The van der Waals surface area contributed by atoms with Gasteiger partial charge < -0.3 is 11.1 Å². The number of carbonyl (C=O) groups is 1. The number of benzene rings is 1. The molecule has 0 aliphatic rings. The highest BCUT2D eigenvalue weighted by Gasteiger charge is 2.14. The van der Waals surface area contributed by atoms with Gasteiger partial charge in [-0.1, -0.05) is 45.9 Å². The lowest BCUT2D eigenvalue weighted by Crippen LogP contribution is -2.38. The van der Waals surface area contributed by atoms with Crippen LogP contribution in [-0.2, 0) is 11.3 Å². The monoisotopic (exact) mass is 291 g/mol. The summed E-state index contributed by atoms with van der Waals surface area (Å²) in [5, 5.41) is 2.98. The van der Waals surface area contributed by atoms with Gasteiger partial charge in [0.15, 0.2) is 0 Å². The van der Waals surface area contributed by atoms with Crippen LogP contribution in [0.2, 0.25) is 0 Å². The molecular weight excluding hydrogens is 262 g/mol. The van der Waals surface area contributed by atoms with Crippen LogP contribution in [0.1, 0.15) is 33.3 Å². The number of rotatable bonds is 8. The molecule has 0 spiro atoms. The van der Waals surface area contributed by atoms with Crippen LogP contribution in [0.25, 0.3) is 0 Å². The van der Waals surface area contributed by atoms with Crippen LogP contribution < -0.4 is 11.1 Å². The molecule has 0 heterocycles. The molecule has 1 aromatic rings. The van der Waals surface area contributed by atoms with E-state index >= 15 is 0 Å². The number of nitrogens with two attached hydrogens (primary N) is 1. The Hall–Kier alpha value is -1.39. The van der Waals surface area contributed by atoms with Crippen molar-refractivity contribution in [1.82, 2.24) is 4.90 Å². The van der Waals surface area contributed by atoms with Crippen LogP contribution in [0, 0.1) is 11.8 Å². The Morgan fingerprint density at radius 2 is 1.71 bits per heavy atom. The van der Waals surface area contributed by atoms with Gasteiger partial charge in [0, 0.05) is 25.3 Å². The summed E-state index contributed by atoms with van der Waals surface area (Å²) in [6.45, 7) is 11.4. The third-order valence-electron chi connectivity index (χ3n) is 3.13. The summed E-state index contributed by atoms with van der Waals surface area (Å²) in [6, 6.07) is 7.68. The molecule has 4 heteroatoms. The predicted octanol–water partition coefficient (Wildman–Crippen LogP) is 2.70. The van der Waals surface area contributed by atoms with E-state index in [1.54, 1.807) is 0 Å². The van der Waals surface area contributed by atoms with E-state index in [0.29, 0.717) is 24.9 Å². The third-order valence-corrected chi connectivity index (χ3v) is 3.13. The molecule has 0 saturated heterocycles. The van der Waals surface area contributed by atoms with Crippen molar-refractivity contribution >= 4 is 11.6 Å². The first-order valence-corrected chi connectivity index (χ1v) is 7.72. The van der Waals surface area contributed by atoms with E-state index in [9.17, 15) is 4.79 Å². The number of hydrogen-bond acceptors (Lipinski definition) is 3. The maximum absolute atomic E-state index is 12.3. The minimum Gasteiger partial charge on any atom is -0.326 e. The van der Waals surface area contributed by atoms with Crippen molar-refractivity contribution in [3.05, 3.63) is 29.8 Å². The van der Waals surface area contributed by atoms with E-state index < -0.39 is 0 Å². The van der Waals surface area contributed by atoms with Gasteiger partial charge in [0.05, 0.1) is 6.54 Å². The molecule has 0 aromatic heterocycles. The van der Waals surface area contributed by atoms with Gasteiger partial charge in [-0.2, -0.15) is 0 Å². The van der Waals surface area contributed by atoms with Crippen molar-refractivity contribution in [3.8, 4) is 0 Å². The smallest absolute Gasteiger partial charge is 0.238 e. The first-order chi connectivity index (χ1) is 9.92. The van der Waals surface area contributed by atoms with Crippen LogP contribution in [0.15, 0.2) is 24.3 Å². The topological polar surface area (TPSA) is 58.4 Å². The molecule has 0 bridgehead atoms. The number of nitrogens with one attached hydrogen (secondary N) is 1. The van der Waals surface area contributed by atoms with E-state index in [4.69, 9.17) is 5.73 Å². The fourth-order valence-corrected chi connectivity index (χ4v) is 2.45. The zero-order chi connectivity index (χ0) is 15.8. The Bertz CT molecular complexity index is 433. The van der Waals surface area contributed by atoms with Gasteiger partial charge in [0.2, 0.25) is 5.91 Å². The average molecular weight is 291 g/mol. The molecule has 0 saturated carbocycles. The molecule has 0 aliphatic heterocycles. The van der Waals surface area contributed by atoms with Crippen molar-refractivity contribution in [1.29, 1.82) is 0 Å². The third kappa shape index (κ3) is 6.74. The molecule has 1 amide bonds. The molecule has 0 radical (unpaired) electrons. The van der Waals surface area contributed by atoms with E-state index in [0.717, 1.165) is 24.3 Å². The zero-order valence-electron chi connectivity index (χ0n) is 13.7. The fourth-order valence-electron chi connectivity index (χ4n) is 2.45. The molecule has 0 fully saturated rings. The minimum atomic E-state index is 0.0252. The van der Waals surface area contributed by atoms with Crippen LogP contribution in [-0.4, -0.2) is 30.4 Å². The summed E-state index contributed by atoms with van der Waals surface area (Å²) in [7, 11) is 0. The molecule has 118 valence electrons. The zero-order valence-corrected chi connectivity index (χ0v) is 13.7. The van der Waals surface area contributed by atoms with Crippen molar-refractivity contribution in [2.24, 2.45) is 17.6 Å². The second-order valence-corrected chi connectivity index (χ2v) is 6.39. The molecule has 0 atom stereocenters. The summed E-state index contributed by atoms with van der Waals surface area (Å²) in [5.41, 5.74) is 7.48. The summed E-state index contributed by atoms with van der Waals surface area (Å²) in [5.74, 6) is 1.12. The molecule has 21 heavy (non-hydrogen) atoms. The Labute approximate surface area is 128 Å². The molecule has 1 aromatic carbocycles. The lowest BCUT2D eigenvalue weighted by molar-refractivity contribution is -0.117. The van der Waals surface area contributed by atoms with Crippen molar-refractivity contribution in [3.63, 3.8) is 0 Å². The molecule has 3 N–H and O–H groups in total. The Balaban J connectivity index is 2.64. The average Bonchev–Trinajstić information content (AvgIpc) is 2.37.